The van der Waals surface area contributed by atoms with E-state index in [1.54, 1.807) is 6.92 Å². The first-order valence-electron chi connectivity index (χ1n) is 15.9. The molecule has 1 amide bonds. The Morgan fingerprint density at radius 1 is 0.957 bits per heavy atom. The summed E-state index contributed by atoms with van der Waals surface area (Å²) < 4.78 is 0. The highest BCUT2D eigenvalue weighted by molar-refractivity contribution is 6.24. The lowest BCUT2D eigenvalue weighted by atomic mass is 9.84. The first-order chi connectivity index (χ1) is 22.0. The maximum absolute atomic E-state index is 13.3. The molecule has 0 aliphatic carbocycles. The van der Waals surface area contributed by atoms with Crippen LogP contribution in [0.15, 0.2) is 24.3 Å². The fourth-order valence-electron chi connectivity index (χ4n) is 6.68. The van der Waals surface area contributed by atoms with Gasteiger partial charge < -0.3 is 31.2 Å². The number of amides is 1. The molecule has 0 saturated carbocycles. The largest absolute Gasteiger partial charge is 0.481 e. The van der Waals surface area contributed by atoms with Crippen LogP contribution in [0, 0.1) is 6.92 Å². The van der Waals surface area contributed by atoms with Crippen LogP contribution in [0.25, 0.3) is 33.2 Å². The molecule has 0 spiro atoms. The molecule has 0 aromatic carbocycles. The highest BCUT2D eigenvalue weighted by atomic mass is 16.4. The summed E-state index contributed by atoms with van der Waals surface area (Å²) in [5.74, 6) is -3.05. The average molecular weight is 627 g/mol. The van der Waals surface area contributed by atoms with Gasteiger partial charge in [-0.1, -0.05) is 20.8 Å². The van der Waals surface area contributed by atoms with E-state index >= 15 is 0 Å². The number of nitrogens with two attached hydrogens (primary N) is 1. The van der Waals surface area contributed by atoms with Crippen LogP contribution in [0.5, 0.6) is 0 Å². The number of fused-ring (bicyclic) bond motifs is 8. The molecule has 2 unspecified atom stereocenters. The maximum Gasteiger partial charge on any atom is 0.338 e. The fraction of sp³-hybridized carbons (Fsp3) is 0.400. The molecule has 2 aliphatic heterocycles. The van der Waals surface area contributed by atoms with Crippen LogP contribution in [0.3, 0.4) is 0 Å². The van der Waals surface area contributed by atoms with Crippen LogP contribution in [0.4, 0.5) is 0 Å². The third-order valence-corrected chi connectivity index (χ3v) is 9.19. The number of allylic oxidation sites excluding steroid dienone is 1. The van der Waals surface area contributed by atoms with Gasteiger partial charge in [-0.2, -0.15) is 0 Å². The van der Waals surface area contributed by atoms with E-state index in [4.69, 9.17) is 15.7 Å². The molecule has 3 aromatic rings. The quantitative estimate of drug-likeness (QED) is 0.179. The first-order valence-corrected chi connectivity index (χ1v) is 15.9. The van der Waals surface area contributed by atoms with Gasteiger partial charge in [-0.25, -0.2) is 9.78 Å². The van der Waals surface area contributed by atoms with Crippen molar-refractivity contribution in [1.29, 1.82) is 0 Å². The molecule has 11 nitrogen and oxygen atoms in total. The Morgan fingerprint density at radius 3 is 2.37 bits per heavy atom. The van der Waals surface area contributed by atoms with Crippen molar-refractivity contribution >= 4 is 51.1 Å². The van der Waals surface area contributed by atoms with E-state index in [1.165, 1.54) is 5.56 Å². The number of aryl methyl sites for hydroxylation is 3. The number of carbonyl (C=O) groups is 3. The van der Waals surface area contributed by atoms with Crippen molar-refractivity contribution in [3.63, 3.8) is 0 Å². The number of H-pyrrole nitrogens is 2. The van der Waals surface area contributed by atoms with Crippen LogP contribution < -0.4 is 11.1 Å². The molecule has 0 saturated heterocycles. The Bertz CT molecular complexity index is 1920. The third-order valence-electron chi connectivity index (χ3n) is 9.19. The lowest BCUT2D eigenvalue weighted by Gasteiger charge is -2.18. The zero-order valence-corrected chi connectivity index (χ0v) is 27.0. The minimum atomic E-state index is -1.17. The van der Waals surface area contributed by atoms with Gasteiger partial charge in [-0.15, -0.1) is 0 Å². The number of aliphatic carboxylic acids is 2. The Kier molecular flexibility index (Phi) is 9.43. The summed E-state index contributed by atoms with van der Waals surface area (Å²) in [5.41, 5.74) is 15.3. The number of nitrogens with zero attached hydrogens (tertiary/aromatic N) is 2. The van der Waals surface area contributed by atoms with E-state index < -0.39 is 11.9 Å². The number of carbonyl (C=O) groups excluding carboxylic acids is 1. The minimum Gasteiger partial charge on any atom is -0.481 e. The van der Waals surface area contributed by atoms with Gasteiger partial charge in [0.1, 0.15) is 0 Å². The van der Waals surface area contributed by atoms with E-state index in [9.17, 15) is 24.6 Å². The summed E-state index contributed by atoms with van der Waals surface area (Å²) in [7, 11) is 0. The first kappa shape index (κ1) is 32.6. The number of nitrogens with one attached hydrogen (secondary N) is 3. The molecule has 2 atom stereocenters. The molecule has 46 heavy (non-hydrogen) atoms. The van der Waals surface area contributed by atoms with E-state index in [0.717, 1.165) is 51.7 Å². The summed E-state index contributed by atoms with van der Waals surface area (Å²) in [5, 5.41) is 22.9. The standard InChI is InChI=1S/C35H42N6O5/c1-6-20-12-21-13-29-22(7-2)17(3)25(39-29)15-26-18(4)23(8-9-31(43)44)33(40-26)24(14-30(42)37-11-10-36)34-32(35(45)46)19(5)27(41-34)16-28(20)38-21/h12-13,15-16,18,23,38-39H,6-11,14,36H2,1-5H3,(H,37,42)(H,43,44)(H,45,46). The van der Waals surface area contributed by atoms with Gasteiger partial charge in [0, 0.05) is 64.7 Å². The van der Waals surface area contributed by atoms with Gasteiger partial charge in [-0.05, 0) is 79.6 Å². The number of hydrogen-bond donors (Lipinski definition) is 6. The Balaban J connectivity index is 1.97. The molecule has 5 rings (SSSR count). The molecule has 5 heterocycles. The Hall–Kier alpha value is -4.77. The molecule has 0 fully saturated rings. The van der Waals surface area contributed by atoms with Gasteiger partial charge in [0.25, 0.3) is 0 Å². The normalized spacial score (nSPS) is 16.1. The van der Waals surface area contributed by atoms with Gasteiger partial charge in [0.2, 0.25) is 5.91 Å². The molecule has 3 aromatic heterocycles. The van der Waals surface area contributed by atoms with Crippen LogP contribution in [-0.2, 0) is 33.6 Å². The van der Waals surface area contributed by atoms with E-state index in [2.05, 4.69) is 48.2 Å². The molecule has 11 heteroatoms. The van der Waals surface area contributed by atoms with Crippen molar-refractivity contribution in [1.82, 2.24) is 25.3 Å². The van der Waals surface area contributed by atoms with Crippen LogP contribution >= 0.6 is 0 Å². The number of aromatic nitrogens is 4. The molecule has 0 radical (unpaired) electrons. The number of carboxylic acids is 2. The van der Waals surface area contributed by atoms with Crippen molar-refractivity contribution in [3.05, 3.63) is 69.3 Å². The lowest BCUT2D eigenvalue weighted by molar-refractivity contribution is -0.137. The monoisotopic (exact) mass is 626 g/mol. The summed E-state index contributed by atoms with van der Waals surface area (Å²) in [6, 6.07) is 8.03. The number of rotatable bonds is 10. The fourth-order valence-corrected chi connectivity index (χ4v) is 6.68. The van der Waals surface area contributed by atoms with Gasteiger partial charge in [-0.3, -0.25) is 14.6 Å². The number of hydrogen-bond acceptors (Lipinski definition) is 6. The molecular formula is C35H42N6O5. The topological polar surface area (TPSA) is 187 Å². The zero-order chi connectivity index (χ0) is 33.3. The zero-order valence-electron chi connectivity index (χ0n) is 27.0. The van der Waals surface area contributed by atoms with Crippen molar-refractivity contribution in [2.24, 2.45) is 5.73 Å². The van der Waals surface area contributed by atoms with Crippen molar-refractivity contribution in [2.45, 2.75) is 78.6 Å². The van der Waals surface area contributed by atoms with E-state index in [-0.39, 0.29) is 61.4 Å². The smallest absolute Gasteiger partial charge is 0.338 e. The minimum absolute atomic E-state index is 0.00429. The average Bonchev–Trinajstić information content (AvgIpc) is 3.72. The lowest BCUT2D eigenvalue weighted by Crippen LogP contribution is -2.31. The SMILES string of the molecule is CCc1cc2cc3[nH]c(cc4nc(c(CC(=O)NCCN)c5nc(cc1[nH]2)C(C)=C5C(=O)O)C(CCC(=O)O)C4C)c(C)c3CC. The predicted octanol–water partition coefficient (Wildman–Crippen LogP) is 5.13. The molecule has 2 aliphatic rings. The maximum atomic E-state index is 13.3. The van der Waals surface area contributed by atoms with E-state index in [0.29, 0.717) is 22.5 Å². The summed E-state index contributed by atoms with van der Waals surface area (Å²) in [4.78, 5) is 54.9. The highest BCUT2D eigenvalue weighted by Crippen LogP contribution is 2.43. The van der Waals surface area contributed by atoms with Gasteiger partial charge in [0.05, 0.1) is 29.1 Å². The third kappa shape index (κ3) is 6.19. The molecule has 7 N–H and O–H groups in total. The highest BCUT2D eigenvalue weighted by Gasteiger charge is 2.35. The number of carboxylic acid groups (broad SMARTS) is 2. The predicted molar refractivity (Wildman–Crippen MR) is 178 cm³/mol. The summed E-state index contributed by atoms with van der Waals surface area (Å²) >= 11 is 0. The van der Waals surface area contributed by atoms with Crippen molar-refractivity contribution in [3.8, 4) is 0 Å². The second-order valence-corrected chi connectivity index (χ2v) is 12.1. The molecule has 242 valence electrons. The van der Waals surface area contributed by atoms with Crippen molar-refractivity contribution < 1.29 is 24.6 Å². The van der Waals surface area contributed by atoms with Gasteiger partial charge >= 0.3 is 11.9 Å². The summed E-state index contributed by atoms with van der Waals surface area (Å²) in [6.45, 7) is 10.5. The molecular weight excluding hydrogens is 584 g/mol. The van der Waals surface area contributed by atoms with Crippen LogP contribution in [0.1, 0.15) is 97.4 Å². The Labute approximate surface area is 267 Å². The second-order valence-electron chi connectivity index (χ2n) is 12.1. The number of aromatic amines is 2. The van der Waals surface area contributed by atoms with Crippen LogP contribution in [0.2, 0.25) is 0 Å². The Morgan fingerprint density at radius 2 is 1.72 bits per heavy atom. The summed E-state index contributed by atoms with van der Waals surface area (Å²) in [6.07, 6.45) is 1.52. The van der Waals surface area contributed by atoms with Crippen LogP contribution in [-0.4, -0.2) is 61.1 Å². The van der Waals surface area contributed by atoms with Gasteiger partial charge in [0.15, 0.2) is 0 Å². The van der Waals surface area contributed by atoms with Crippen molar-refractivity contribution in [2.75, 3.05) is 13.1 Å². The van der Waals surface area contributed by atoms with E-state index in [1.807, 2.05) is 19.1 Å². The second kappa shape index (κ2) is 13.3. The molecule has 8 bridgehead atoms.